The summed E-state index contributed by atoms with van der Waals surface area (Å²) < 4.78 is 0. The van der Waals surface area contributed by atoms with E-state index < -0.39 is 6.04 Å². The van der Waals surface area contributed by atoms with E-state index in [1.807, 2.05) is 60.0 Å². The molecule has 4 rings (SSSR count). The van der Waals surface area contributed by atoms with Crippen LogP contribution in [0.4, 0.5) is 5.13 Å². The summed E-state index contributed by atoms with van der Waals surface area (Å²) in [6.07, 6.45) is 0.599. The van der Waals surface area contributed by atoms with Crippen molar-refractivity contribution in [3.63, 3.8) is 0 Å². The zero-order valence-electron chi connectivity index (χ0n) is 16.8. The number of hydrogen-bond acceptors (Lipinski definition) is 6. The van der Waals surface area contributed by atoms with E-state index >= 15 is 0 Å². The standard InChI is InChI=1S/C23H19ClN4O2S2/c24-17-10-8-16(9-11-17)22-27-28-23(32-22)26-21(30)19(13-15-5-2-1-3-6-15)25-20(29)14-18-7-4-12-31-18/h1-12,19H,13-14H2,(H,25,29)(H,26,28,30)/t19-/m0/s1. The monoisotopic (exact) mass is 482 g/mol. The maximum Gasteiger partial charge on any atom is 0.249 e. The van der Waals surface area contributed by atoms with Gasteiger partial charge in [-0.1, -0.05) is 71.5 Å². The van der Waals surface area contributed by atoms with Gasteiger partial charge in [-0.25, -0.2) is 0 Å². The SMILES string of the molecule is O=C(Cc1cccs1)N[C@@H](Cc1ccccc1)C(=O)Nc1nnc(-c2ccc(Cl)cc2)s1. The van der Waals surface area contributed by atoms with Gasteiger partial charge >= 0.3 is 0 Å². The molecule has 0 radical (unpaired) electrons. The summed E-state index contributed by atoms with van der Waals surface area (Å²) >= 11 is 8.70. The van der Waals surface area contributed by atoms with Gasteiger partial charge in [-0.15, -0.1) is 21.5 Å². The zero-order chi connectivity index (χ0) is 22.3. The predicted molar refractivity (Wildman–Crippen MR) is 129 cm³/mol. The minimum Gasteiger partial charge on any atom is -0.344 e. The number of rotatable bonds is 8. The molecule has 0 bridgehead atoms. The predicted octanol–water partition coefficient (Wildman–Crippen LogP) is 4.83. The Morgan fingerprint density at radius 1 is 0.969 bits per heavy atom. The third kappa shape index (κ3) is 6.00. The van der Waals surface area contributed by atoms with Gasteiger partial charge in [-0.3, -0.25) is 14.9 Å². The number of carbonyl (C=O) groups excluding carboxylic acids is 2. The van der Waals surface area contributed by atoms with Crippen LogP contribution in [-0.4, -0.2) is 28.1 Å². The van der Waals surface area contributed by atoms with E-state index in [1.165, 1.54) is 22.7 Å². The number of thiophene rings is 1. The molecule has 2 aromatic heterocycles. The summed E-state index contributed by atoms with van der Waals surface area (Å²) in [4.78, 5) is 26.6. The van der Waals surface area contributed by atoms with Crippen LogP contribution in [-0.2, 0) is 22.4 Å². The third-order valence-electron chi connectivity index (χ3n) is 4.60. The van der Waals surface area contributed by atoms with Crippen molar-refractivity contribution in [3.05, 3.63) is 87.6 Å². The van der Waals surface area contributed by atoms with Crippen molar-refractivity contribution >= 4 is 51.2 Å². The van der Waals surface area contributed by atoms with Crippen LogP contribution in [0.1, 0.15) is 10.4 Å². The lowest BCUT2D eigenvalue weighted by atomic mass is 10.1. The minimum atomic E-state index is -0.743. The van der Waals surface area contributed by atoms with Crippen LogP contribution in [0.3, 0.4) is 0 Å². The Morgan fingerprint density at radius 2 is 1.75 bits per heavy atom. The lowest BCUT2D eigenvalue weighted by molar-refractivity contribution is -0.126. The molecule has 4 aromatic rings. The molecule has 32 heavy (non-hydrogen) atoms. The molecular weight excluding hydrogens is 464 g/mol. The minimum absolute atomic E-state index is 0.206. The van der Waals surface area contributed by atoms with Gasteiger partial charge in [-0.05, 0) is 29.1 Å². The molecule has 2 aromatic carbocycles. The van der Waals surface area contributed by atoms with E-state index in [4.69, 9.17) is 11.6 Å². The van der Waals surface area contributed by atoms with Crippen molar-refractivity contribution in [3.8, 4) is 10.6 Å². The van der Waals surface area contributed by atoms with Crippen molar-refractivity contribution in [2.24, 2.45) is 0 Å². The zero-order valence-corrected chi connectivity index (χ0v) is 19.2. The Bertz CT molecular complexity index is 1180. The fraction of sp³-hybridized carbons (Fsp3) is 0.130. The first-order valence-corrected chi connectivity index (χ1v) is 11.9. The van der Waals surface area contributed by atoms with E-state index in [0.717, 1.165) is 16.0 Å². The highest BCUT2D eigenvalue weighted by atomic mass is 35.5. The summed E-state index contributed by atoms with van der Waals surface area (Å²) in [6, 6.07) is 19.9. The molecular formula is C23H19ClN4O2S2. The smallest absolute Gasteiger partial charge is 0.249 e. The summed E-state index contributed by atoms with van der Waals surface area (Å²) in [5, 5.41) is 17.5. The number of nitrogens with zero attached hydrogens (tertiary/aromatic N) is 2. The van der Waals surface area contributed by atoms with Gasteiger partial charge in [0.1, 0.15) is 11.0 Å². The molecule has 6 nitrogen and oxygen atoms in total. The van der Waals surface area contributed by atoms with Gasteiger partial charge < -0.3 is 5.32 Å². The molecule has 0 aliphatic rings. The molecule has 1 atom stereocenters. The lowest BCUT2D eigenvalue weighted by Gasteiger charge is -2.17. The molecule has 2 N–H and O–H groups in total. The largest absolute Gasteiger partial charge is 0.344 e. The van der Waals surface area contributed by atoms with Crippen molar-refractivity contribution in [2.45, 2.75) is 18.9 Å². The van der Waals surface area contributed by atoms with E-state index in [2.05, 4.69) is 20.8 Å². The fourth-order valence-corrected chi connectivity index (χ4v) is 4.63. The van der Waals surface area contributed by atoms with Crippen LogP contribution < -0.4 is 10.6 Å². The summed E-state index contributed by atoms with van der Waals surface area (Å²) in [7, 11) is 0. The Morgan fingerprint density at radius 3 is 2.47 bits per heavy atom. The maximum absolute atomic E-state index is 13.0. The third-order valence-corrected chi connectivity index (χ3v) is 6.61. The average Bonchev–Trinajstić information content (AvgIpc) is 3.47. The van der Waals surface area contributed by atoms with Gasteiger partial charge in [0.25, 0.3) is 0 Å². The number of anilines is 1. The fourth-order valence-electron chi connectivity index (χ4n) is 3.05. The van der Waals surface area contributed by atoms with Crippen LogP contribution in [0.15, 0.2) is 72.1 Å². The second-order valence-electron chi connectivity index (χ2n) is 6.97. The Balaban J connectivity index is 1.46. The Labute approximate surface area is 198 Å². The number of carbonyl (C=O) groups is 2. The van der Waals surface area contributed by atoms with Gasteiger partial charge in [-0.2, -0.15) is 0 Å². The highest BCUT2D eigenvalue weighted by molar-refractivity contribution is 7.18. The number of amides is 2. The number of nitrogens with one attached hydrogen (secondary N) is 2. The van der Waals surface area contributed by atoms with Crippen LogP contribution >= 0.6 is 34.3 Å². The van der Waals surface area contributed by atoms with E-state index in [0.29, 0.717) is 21.6 Å². The molecule has 0 saturated heterocycles. The van der Waals surface area contributed by atoms with Gasteiger partial charge in [0.05, 0.1) is 6.42 Å². The molecule has 0 saturated carbocycles. The van der Waals surface area contributed by atoms with Crippen molar-refractivity contribution in [1.82, 2.24) is 15.5 Å². The number of benzene rings is 2. The van der Waals surface area contributed by atoms with Crippen LogP contribution in [0, 0.1) is 0 Å². The normalized spacial score (nSPS) is 11.7. The number of aromatic nitrogens is 2. The van der Waals surface area contributed by atoms with Crippen molar-refractivity contribution < 1.29 is 9.59 Å². The number of halogens is 1. The molecule has 2 heterocycles. The van der Waals surface area contributed by atoms with Crippen molar-refractivity contribution in [1.29, 1.82) is 0 Å². The maximum atomic E-state index is 13.0. The lowest BCUT2D eigenvalue weighted by Crippen LogP contribution is -2.45. The highest BCUT2D eigenvalue weighted by Crippen LogP contribution is 2.27. The first-order chi connectivity index (χ1) is 15.6. The van der Waals surface area contributed by atoms with Crippen molar-refractivity contribution in [2.75, 3.05) is 5.32 Å². The summed E-state index contributed by atoms with van der Waals surface area (Å²) in [6.45, 7) is 0. The summed E-state index contributed by atoms with van der Waals surface area (Å²) in [5.41, 5.74) is 1.81. The van der Waals surface area contributed by atoms with Gasteiger partial charge in [0.15, 0.2) is 0 Å². The quantitative estimate of drug-likeness (QED) is 0.377. The first kappa shape index (κ1) is 22.1. The van der Waals surface area contributed by atoms with Crippen LogP contribution in [0.2, 0.25) is 5.02 Å². The molecule has 0 fully saturated rings. The molecule has 0 aliphatic heterocycles. The second-order valence-corrected chi connectivity index (χ2v) is 9.42. The highest BCUT2D eigenvalue weighted by Gasteiger charge is 2.23. The van der Waals surface area contributed by atoms with E-state index in [-0.39, 0.29) is 18.2 Å². The molecule has 0 unspecified atom stereocenters. The molecule has 2 amide bonds. The molecule has 0 aliphatic carbocycles. The van der Waals surface area contributed by atoms with Crippen LogP contribution in [0.25, 0.3) is 10.6 Å². The summed E-state index contributed by atoms with van der Waals surface area (Å²) in [5.74, 6) is -0.546. The Kier molecular flexibility index (Phi) is 7.26. The van der Waals surface area contributed by atoms with Crippen LogP contribution in [0.5, 0.6) is 0 Å². The average molecular weight is 483 g/mol. The van der Waals surface area contributed by atoms with Gasteiger partial charge in [0.2, 0.25) is 16.9 Å². The Hall–Kier alpha value is -3.07. The first-order valence-electron chi connectivity index (χ1n) is 9.83. The number of hydrogen-bond donors (Lipinski definition) is 2. The molecule has 162 valence electrons. The molecule has 9 heteroatoms. The van der Waals surface area contributed by atoms with E-state index in [9.17, 15) is 9.59 Å². The van der Waals surface area contributed by atoms with Gasteiger partial charge in [0, 0.05) is 21.9 Å². The molecule has 0 spiro atoms. The van der Waals surface area contributed by atoms with E-state index in [1.54, 1.807) is 12.1 Å². The topological polar surface area (TPSA) is 84.0 Å². The second kappa shape index (κ2) is 10.5.